The maximum atomic E-state index is 14.1. The normalized spacial score (nSPS) is 24.0. The van der Waals surface area contributed by atoms with Gasteiger partial charge in [-0.15, -0.1) is 0 Å². The predicted octanol–water partition coefficient (Wildman–Crippen LogP) is 3.59. The Morgan fingerprint density at radius 3 is 2.29 bits per heavy atom. The number of carbonyl (C=O) groups is 2. The lowest BCUT2D eigenvalue weighted by atomic mass is 9.81. The molecule has 0 atom stereocenters. The third kappa shape index (κ3) is 3.86. The number of carboxylic acid groups (broad SMARTS) is 1. The van der Waals surface area contributed by atoms with Crippen LogP contribution in [-0.4, -0.2) is 23.1 Å². The molecular weight excluding hydrogens is 313 g/mol. The van der Waals surface area contributed by atoms with Crippen LogP contribution >= 0.6 is 0 Å². The summed E-state index contributed by atoms with van der Waals surface area (Å²) >= 11 is 0. The van der Waals surface area contributed by atoms with Crippen LogP contribution in [0.15, 0.2) is 18.2 Å². The molecule has 2 saturated carbocycles. The Kier molecular flexibility index (Phi) is 5.02. The van der Waals surface area contributed by atoms with E-state index in [-0.39, 0.29) is 29.6 Å². The lowest BCUT2D eigenvalue weighted by Crippen LogP contribution is -2.29. The van der Waals surface area contributed by atoms with Crippen molar-refractivity contribution in [3.63, 3.8) is 0 Å². The zero-order valence-corrected chi connectivity index (χ0v) is 13.5. The van der Waals surface area contributed by atoms with E-state index in [2.05, 4.69) is 5.32 Å². The first-order valence-electron chi connectivity index (χ1n) is 8.53. The molecule has 0 aliphatic heterocycles. The molecule has 0 spiro atoms. The number of anilines is 1. The molecule has 2 aliphatic carbocycles. The van der Waals surface area contributed by atoms with Gasteiger partial charge in [-0.05, 0) is 57.1 Å². The van der Waals surface area contributed by atoms with Gasteiger partial charge in [0.15, 0.2) is 11.6 Å². The third-order valence-corrected chi connectivity index (χ3v) is 4.99. The lowest BCUT2D eigenvalue weighted by Gasteiger charge is -2.27. The number of hydrogen-bond acceptors (Lipinski definition) is 3. The van der Waals surface area contributed by atoms with E-state index < -0.39 is 11.8 Å². The summed E-state index contributed by atoms with van der Waals surface area (Å²) < 4.78 is 19.6. The Morgan fingerprint density at radius 2 is 1.75 bits per heavy atom. The smallest absolute Gasteiger partial charge is 0.306 e. The van der Waals surface area contributed by atoms with Crippen LogP contribution in [0.4, 0.5) is 10.1 Å². The molecule has 1 amide bonds. The SMILES string of the molecule is O=C(O)C1CCC(C(=O)Nc2ccc(OC3CCC3)c(F)c2)CC1. The van der Waals surface area contributed by atoms with Crippen molar-refractivity contribution in [1.29, 1.82) is 0 Å². The van der Waals surface area contributed by atoms with E-state index in [1.54, 1.807) is 12.1 Å². The number of amides is 1. The molecule has 0 heterocycles. The molecule has 1 aromatic carbocycles. The second-order valence-corrected chi connectivity index (χ2v) is 6.69. The van der Waals surface area contributed by atoms with E-state index in [0.29, 0.717) is 31.4 Å². The summed E-state index contributed by atoms with van der Waals surface area (Å²) in [4.78, 5) is 23.2. The maximum Gasteiger partial charge on any atom is 0.306 e. The molecule has 0 aromatic heterocycles. The number of ether oxygens (including phenoxy) is 1. The van der Waals surface area contributed by atoms with Crippen molar-refractivity contribution in [1.82, 2.24) is 0 Å². The van der Waals surface area contributed by atoms with Crippen molar-refractivity contribution in [2.24, 2.45) is 11.8 Å². The van der Waals surface area contributed by atoms with Crippen LogP contribution in [-0.2, 0) is 9.59 Å². The van der Waals surface area contributed by atoms with Crippen LogP contribution in [0.25, 0.3) is 0 Å². The number of nitrogens with one attached hydrogen (secondary N) is 1. The number of carbonyl (C=O) groups excluding carboxylic acids is 1. The van der Waals surface area contributed by atoms with Gasteiger partial charge in [0.05, 0.1) is 12.0 Å². The van der Waals surface area contributed by atoms with Gasteiger partial charge >= 0.3 is 5.97 Å². The summed E-state index contributed by atoms with van der Waals surface area (Å²) in [5.74, 6) is -1.79. The number of carboxylic acids is 1. The minimum absolute atomic E-state index is 0.101. The molecule has 24 heavy (non-hydrogen) atoms. The molecule has 3 rings (SSSR count). The van der Waals surface area contributed by atoms with Crippen LogP contribution in [0, 0.1) is 17.7 Å². The second-order valence-electron chi connectivity index (χ2n) is 6.69. The molecule has 0 unspecified atom stereocenters. The third-order valence-electron chi connectivity index (χ3n) is 4.99. The predicted molar refractivity (Wildman–Crippen MR) is 86.4 cm³/mol. The van der Waals surface area contributed by atoms with E-state index in [4.69, 9.17) is 9.84 Å². The van der Waals surface area contributed by atoms with Gasteiger partial charge in [0.1, 0.15) is 0 Å². The molecule has 2 N–H and O–H groups in total. The highest BCUT2D eigenvalue weighted by Gasteiger charge is 2.29. The Balaban J connectivity index is 1.54. The van der Waals surface area contributed by atoms with Crippen LogP contribution in [0.1, 0.15) is 44.9 Å². The molecule has 0 bridgehead atoms. The van der Waals surface area contributed by atoms with E-state index in [9.17, 15) is 14.0 Å². The van der Waals surface area contributed by atoms with E-state index >= 15 is 0 Å². The zero-order chi connectivity index (χ0) is 17.1. The Bertz CT molecular complexity index is 621. The van der Waals surface area contributed by atoms with Crippen molar-refractivity contribution < 1.29 is 23.8 Å². The number of rotatable bonds is 5. The Labute approximate surface area is 140 Å². The van der Waals surface area contributed by atoms with Crippen molar-refractivity contribution in [3.8, 4) is 5.75 Å². The van der Waals surface area contributed by atoms with Crippen molar-refractivity contribution in [2.45, 2.75) is 51.0 Å². The van der Waals surface area contributed by atoms with Gasteiger partial charge in [0.25, 0.3) is 0 Å². The molecule has 2 fully saturated rings. The number of halogens is 1. The fraction of sp³-hybridized carbons (Fsp3) is 0.556. The highest BCUT2D eigenvalue weighted by Crippen LogP contribution is 2.31. The van der Waals surface area contributed by atoms with Gasteiger partial charge < -0.3 is 15.2 Å². The standard InChI is InChI=1S/C18H22FNO4/c19-15-10-13(8-9-16(15)24-14-2-1-3-14)20-17(21)11-4-6-12(7-5-11)18(22)23/h8-12,14H,1-7H2,(H,20,21)(H,22,23). The molecule has 0 radical (unpaired) electrons. The van der Waals surface area contributed by atoms with Gasteiger partial charge in [-0.3, -0.25) is 9.59 Å². The van der Waals surface area contributed by atoms with Crippen LogP contribution in [0.5, 0.6) is 5.75 Å². The number of benzene rings is 1. The number of hydrogen-bond donors (Lipinski definition) is 2. The summed E-state index contributed by atoms with van der Waals surface area (Å²) in [6.07, 6.45) is 5.25. The summed E-state index contributed by atoms with van der Waals surface area (Å²) in [6.45, 7) is 0. The molecular formula is C18H22FNO4. The average Bonchev–Trinajstić information content (AvgIpc) is 2.52. The first-order chi connectivity index (χ1) is 11.5. The summed E-state index contributed by atoms with van der Waals surface area (Å²) in [6, 6.07) is 4.46. The number of aliphatic carboxylic acids is 1. The largest absolute Gasteiger partial charge is 0.487 e. The van der Waals surface area contributed by atoms with Crippen molar-refractivity contribution in [3.05, 3.63) is 24.0 Å². The van der Waals surface area contributed by atoms with E-state index in [1.165, 1.54) is 6.07 Å². The summed E-state index contributed by atoms with van der Waals surface area (Å²) in [5, 5.41) is 11.7. The van der Waals surface area contributed by atoms with Crippen LogP contribution in [0.2, 0.25) is 0 Å². The molecule has 5 nitrogen and oxygen atoms in total. The first-order valence-corrected chi connectivity index (χ1v) is 8.53. The van der Waals surface area contributed by atoms with Gasteiger partial charge in [0, 0.05) is 17.7 Å². The maximum absolute atomic E-state index is 14.1. The van der Waals surface area contributed by atoms with Gasteiger partial charge in [-0.2, -0.15) is 0 Å². The summed E-state index contributed by atoms with van der Waals surface area (Å²) in [7, 11) is 0. The Morgan fingerprint density at radius 1 is 1.08 bits per heavy atom. The average molecular weight is 335 g/mol. The fourth-order valence-corrected chi connectivity index (χ4v) is 3.19. The van der Waals surface area contributed by atoms with Gasteiger partial charge in [-0.25, -0.2) is 4.39 Å². The quantitative estimate of drug-likeness (QED) is 0.862. The van der Waals surface area contributed by atoms with Gasteiger partial charge in [0.2, 0.25) is 5.91 Å². The minimum Gasteiger partial charge on any atom is -0.487 e. The minimum atomic E-state index is -0.794. The van der Waals surface area contributed by atoms with Crippen molar-refractivity contribution in [2.75, 3.05) is 5.32 Å². The summed E-state index contributed by atoms with van der Waals surface area (Å²) in [5.41, 5.74) is 0.402. The van der Waals surface area contributed by atoms with Gasteiger partial charge in [-0.1, -0.05) is 0 Å². The highest BCUT2D eigenvalue weighted by atomic mass is 19.1. The first kappa shape index (κ1) is 16.7. The zero-order valence-electron chi connectivity index (χ0n) is 13.5. The monoisotopic (exact) mass is 335 g/mol. The van der Waals surface area contributed by atoms with Crippen LogP contribution < -0.4 is 10.1 Å². The lowest BCUT2D eigenvalue weighted by molar-refractivity contribution is -0.143. The molecule has 6 heteroatoms. The topological polar surface area (TPSA) is 75.6 Å². The van der Waals surface area contributed by atoms with E-state index in [0.717, 1.165) is 19.3 Å². The second kappa shape index (κ2) is 7.20. The molecule has 0 saturated heterocycles. The highest BCUT2D eigenvalue weighted by molar-refractivity contribution is 5.92. The molecule has 130 valence electrons. The van der Waals surface area contributed by atoms with Crippen LogP contribution in [0.3, 0.4) is 0 Å². The Hall–Kier alpha value is -2.11. The molecule has 2 aliphatic rings. The molecule has 1 aromatic rings. The van der Waals surface area contributed by atoms with E-state index in [1.807, 2.05) is 0 Å². The van der Waals surface area contributed by atoms with Crippen molar-refractivity contribution >= 4 is 17.6 Å². The fourth-order valence-electron chi connectivity index (χ4n) is 3.19.